The third-order valence-corrected chi connectivity index (χ3v) is 6.91. The SMILES string of the molecule is Cn1cccc1C(=O)N1CCCCC1CCOC(=O)CN1C(=O)CSc2ccccc21. The lowest BCUT2D eigenvalue weighted by Crippen LogP contribution is -2.45. The molecule has 164 valence electrons. The zero-order valence-electron chi connectivity index (χ0n) is 17.7. The first-order valence-electron chi connectivity index (χ1n) is 10.6. The van der Waals surface area contributed by atoms with Crippen LogP contribution >= 0.6 is 11.8 Å². The lowest BCUT2D eigenvalue weighted by atomic mass is 9.99. The molecule has 0 saturated carbocycles. The monoisotopic (exact) mass is 441 g/mol. The van der Waals surface area contributed by atoms with E-state index in [-0.39, 0.29) is 31.0 Å². The van der Waals surface area contributed by atoms with Gasteiger partial charge in [0.1, 0.15) is 12.2 Å². The van der Waals surface area contributed by atoms with Crippen LogP contribution in [0.4, 0.5) is 5.69 Å². The number of hydrogen-bond donors (Lipinski definition) is 0. The number of amides is 2. The van der Waals surface area contributed by atoms with Crippen molar-refractivity contribution in [2.45, 2.75) is 36.6 Å². The number of aryl methyl sites for hydroxylation is 1. The fourth-order valence-electron chi connectivity index (χ4n) is 4.21. The summed E-state index contributed by atoms with van der Waals surface area (Å²) in [6.45, 7) is 0.866. The normalized spacial score (nSPS) is 18.6. The first-order valence-corrected chi connectivity index (χ1v) is 11.6. The Hall–Kier alpha value is -2.74. The highest BCUT2D eigenvalue weighted by atomic mass is 32.2. The number of thioether (sulfide) groups is 1. The van der Waals surface area contributed by atoms with Crippen molar-refractivity contribution in [3.05, 3.63) is 48.3 Å². The maximum absolute atomic E-state index is 13.0. The quantitative estimate of drug-likeness (QED) is 0.644. The zero-order valence-corrected chi connectivity index (χ0v) is 18.5. The van der Waals surface area contributed by atoms with E-state index in [0.29, 0.717) is 17.9 Å². The largest absolute Gasteiger partial charge is 0.464 e. The molecule has 1 saturated heterocycles. The van der Waals surface area contributed by atoms with Crippen molar-refractivity contribution in [1.29, 1.82) is 0 Å². The number of rotatable bonds is 6. The van der Waals surface area contributed by atoms with Crippen molar-refractivity contribution in [3.63, 3.8) is 0 Å². The molecule has 31 heavy (non-hydrogen) atoms. The predicted octanol–water partition coefficient (Wildman–Crippen LogP) is 3.09. The lowest BCUT2D eigenvalue weighted by molar-refractivity contribution is -0.143. The number of para-hydroxylation sites is 1. The van der Waals surface area contributed by atoms with E-state index < -0.39 is 5.97 Å². The van der Waals surface area contributed by atoms with Gasteiger partial charge in [0.25, 0.3) is 5.91 Å². The summed E-state index contributed by atoms with van der Waals surface area (Å²) in [5.74, 6) is -0.169. The Kier molecular flexibility index (Phi) is 6.65. The average molecular weight is 442 g/mol. The average Bonchev–Trinajstić information content (AvgIpc) is 3.21. The van der Waals surface area contributed by atoms with E-state index in [2.05, 4.69) is 0 Å². The van der Waals surface area contributed by atoms with E-state index in [1.165, 1.54) is 16.7 Å². The van der Waals surface area contributed by atoms with Gasteiger partial charge in [0, 0.05) is 37.1 Å². The Labute approximate surface area is 186 Å². The van der Waals surface area contributed by atoms with E-state index in [1.807, 2.05) is 59.1 Å². The minimum atomic E-state index is -0.425. The maximum atomic E-state index is 13.0. The molecule has 1 aromatic carbocycles. The van der Waals surface area contributed by atoms with Gasteiger partial charge in [-0.05, 0) is 43.5 Å². The highest BCUT2D eigenvalue weighted by Crippen LogP contribution is 2.34. The second-order valence-corrected chi connectivity index (χ2v) is 8.92. The van der Waals surface area contributed by atoms with E-state index in [9.17, 15) is 14.4 Å². The zero-order chi connectivity index (χ0) is 21.8. The van der Waals surface area contributed by atoms with E-state index in [1.54, 1.807) is 0 Å². The Bertz CT molecular complexity index is 973. The number of hydrogen-bond acceptors (Lipinski definition) is 5. The maximum Gasteiger partial charge on any atom is 0.326 e. The Morgan fingerprint density at radius 3 is 2.81 bits per heavy atom. The van der Waals surface area contributed by atoms with Gasteiger partial charge >= 0.3 is 5.97 Å². The fourth-order valence-corrected chi connectivity index (χ4v) is 5.15. The van der Waals surface area contributed by atoms with Crippen LogP contribution < -0.4 is 4.90 Å². The molecule has 1 aromatic heterocycles. The number of piperidine rings is 1. The number of aromatic nitrogens is 1. The van der Waals surface area contributed by atoms with Gasteiger partial charge in [-0.2, -0.15) is 0 Å². The molecule has 2 aliphatic heterocycles. The molecule has 1 unspecified atom stereocenters. The van der Waals surface area contributed by atoms with Gasteiger partial charge < -0.3 is 14.2 Å². The summed E-state index contributed by atoms with van der Waals surface area (Å²) in [7, 11) is 1.87. The molecule has 0 aliphatic carbocycles. The summed E-state index contributed by atoms with van der Waals surface area (Å²) >= 11 is 1.48. The fraction of sp³-hybridized carbons (Fsp3) is 0.435. The van der Waals surface area contributed by atoms with Crippen molar-refractivity contribution in [1.82, 2.24) is 9.47 Å². The number of anilines is 1. The van der Waals surface area contributed by atoms with Crippen molar-refractivity contribution in [2.75, 3.05) is 30.3 Å². The molecule has 8 heteroatoms. The van der Waals surface area contributed by atoms with Crippen LogP contribution in [0.25, 0.3) is 0 Å². The van der Waals surface area contributed by atoms with Crippen molar-refractivity contribution in [2.24, 2.45) is 7.05 Å². The second kappa shape index (κ2) is 9.60. The summed E-state index contributed by atoms with van der Waals surface area (Å²) in [4.78, 5) is 42.1. The van der Waals surface area contributed by atoms with Gasteiger partial charge in [-0.25, -0.2) is 0 Å². The molecule has 0 spiro atoms. The van der Waals surface area contributed by atoms with Gasteiger partial charge in [0.05, 0.1) is 18.0 Å². The summed E-state index contributed by atoms with van der Waals surface area (Å²) in [5, 5.41) is 0. The van der Waals surface area contributed by atoms with Crippen LogP contribution in [-0.2, 0) is 21.4 Å². The van der Waals surface area contributed by atoms with Crippen LogP contribution in [0, 0.1) is 0 Å². The third-order valence-electron chi connectivity index (χ3n) is 5.86. The van der Waals surface area contributed by atoms with Crippen molar-refractivity contribution >= 4 is 35.2 Å². The third kappa shape index (κ3) is 4.79. The number of esters is 1. The minimum Gasteiger partial charge on any atom is -0.464 e. The Balaban J connectivity index is 1.32. The highest BCUT2D eigenvalue weighted by Gasteiger charge is 2.30. The smallest absolute Gasteiger partial charge is 0.326 e. The summed E-state index contributed by atoms with van der Waals surface area (Å²) < 4.78 is 7.30. The molecule has 3 heterocycles. The van der Waals surface area contributed by atoms with Crippen molar-refractivity contribution in [3.8, 4) is 0 Å². The minimum absolute atomic E-state index is 0.0246. The first kappa shape index (κ1) is 21.5. The molecule has 2 amide bonds. The number of carbonyl (C=O) groups excluding carboxylic acids is 3. The molecular formula is C23H27N3O4S. The highest BCUT2D eigenvalue weighted by molar-refractivity contribution is 8.00. The Morgan fingerprint density at radius 1 is 1.16 bits per heavy atom. The number of benzene rings is 1. The van der Waals surface area contributed by atoms with Crippen LogP contribution in [0.2, 0.25) is 0 Å². The predicted molar refractivity (Wildman–Crippen MR) is 119 cm³/mol. The summed E-state index contributed by atoms with van der Waals surface area (Å²) in [6.07, 6.45) is 5.42. The van der Waals surface area contributed by atoms with Crippen LogP contribution in [0.5, 0.6) is 0 Å². The van der Waals surface area contributed by atoms with Crippen LogP contribution in [0.15, 0.2) is 47.5 Å². The molecule has 7 nitrogen and oxygen atoms in total. The number of nitrogens with zero attached hydrogens (tertiary/aromatic N) is 3. The number of fused-ring (bicyclic) bond motifs is 1. The summed E-state index contributed by atoms with van der Waals surface area (Å²) in [6, 6.07) is 11.3. The molecule has 1 atom stereocenters. The van der Waals surface area contributed by atoms with Gasteiger partial charge in [0.15, 0.2) is 0 Å². The standard InChI is InChI=1S/C23H27N3O4S/c1-24-12-6-9-19(24)23(29)25-13-5-4-7-17(25)11-14-30-22(28)15-26-18-8-2-3-10-20(18)31-16-21(26)27/h2-3,6,8-10,12,17H,4-5,7,11,13-16H2,1H3. The van der Waals surface area contributed by atoms with Crippen LogP contribution in [0.1, 0.15) is 36.2 Å². The summed E-state index contributed by atoms with van der Waals surface area (Å²) in [5.41, 5.74) is 1.43. The van der Waals surface area contributed by atoms with E-state index in [0.717, 1.165) is 36.4 Å². The molecule has 0 radical (unpaired) electrons. The second-order valence-electron chi connectivity index (χ2n) is 7.90. The number of likely N-dealkylation sites (tertiary alicyclic amines) is 1. The van der Waals surface area contributed by atoms with Gasteiger partial charge in [-0.15, -0.1) is 11.8 Å². The van der Waals surface area contributed by atoms with Crippen LogP contribution in [0.3, 0.4) is 0 Å². The lowest BCUT2D eigenvalue weighted by Gasteiger charge is -2.36. The topological polar surface area (TPSA) is 71.8 Å². The molecule has 1 fully saturated rings. The van der Waals surface area contributed by atoms with E-state index in [4.69, 9.17) is 4.74 Å². The molecule has 4 rings (SSSR count). The number of ether oxygens (including phenoxy) is 1. The van der Waals surface area contributed by atoms with Gasteiger partial charge in [0.2, 0.25) is 5.91 Å². The van der Waals surface area contributed by atoms with E-state index >= 15 is 0 Å². The molecular weight excluding hydrogens is 414 g/mol. The van der Waals surface area contributed by atoms with Crippen molar-refractivity contribution < 1.29 is 19.1 Å². The number of carbonyl (C=O) groups is 3. The molecule has 0 bridgehead atoms. The molecule has 2 aliphatic rings. The molecule has 0 N–H and O–H groups in total. The Morgan fingerprint density at radius 2 is 2.00 bits per heavy atom. The van der Waals surface area contributed by atoms with Gasteiger partial charge in [-0.1, -0.05) is 12.1 Å². The van der Waals surface area contributed by atoms with Gasteiger partial charge in [-0.3, -0.25) is 19.3 Å². The van der Waals surface area contributed by atoms with Crippen LogP contribution in [-0.4, -0.2) is 58.7 Å². The first-order chi connectivity index (χ1) is 15.0. The molecule has 2 aromatic rings.